The average molecular weight is 524 g/mol. The molecule has 9 nitrogen and oxygen atoms in total. The summed E-state index contributed by atoms with van der Waals surface area (Å²) in [6.45, 7) is 0.682. The fraction of sp³-hybridized carbons (Fsp3) is 0.200. The maximum absolute atomic E-state index is 13.2. The minimum atomic E-state index is -3.71. The van der Waals surface area contributed by atoms with Gasteiger partial charge in [-0.25, -0.2) is 23.4 Å². The second kappa shape index (κ2) is 9.90. The SMILES string of the molecule is O=C(c1cnc(-c2cccc(CO)n2)nc1)N1CCN(S(=O)(=O)c2ccc3cc(Cl)ccc3c2)CC1. The summed E-state index contributed by atoms with van der Waals surface area (Å²) in [4.78, 5) is 27.5. The molecule has 1 fully saturated rings. The third kappa shape index (κ3) is 4.80. The first-order valence-corrected chi connectivity index (χ1v) is 13.0. The van der Waals surface area contributed by atoms with Crippen molar-refractivity contribution >= 4 is 38.3 Å². The van der Waals surface area contributed by atoms with E-state index >= 15 is 0 Å². The molecule has 0 saturated carbocycles. The van der Waals surface area contributed by atoms with Crippen LogP contribution in [0.5, 0.6) is 0 Å². The Bertz CT molecular complexity index is 1540. The number of nitrogens with zero attached hydrogens (tertiary/aromatic N) is 5. The maximum Gasteiger partial charge on any atom is 0.257 e. The van der Waals surface area contributed by atoms with E-state index < -0.39 is 10.0 Å². The van der Waals surface area contributed by atoms with Gasteiger partial charge in [-0.3, -0.25) is 4.79 Å². The third-order valence-corrected chi connectivity index (χ3v) is 8.16. The van der Waals surface area contributed by atoms with Gasteiger partial charge in [0.25, 0.3) is 5.91 Å². The zero-order valence-electron chi connectivity index (χ0n) is 19.1. The van der Waals surface area contributed by atoms with Gasteiger partial charge in [-0.15, -0.1) is 0 Å². The van der Waals surface area contributed by atoms with Crippen molar-refractivity contribution in [2.45, 2.75) is 11.5 Å². The Labute approximate surface area is 213 Å². The molecule has 1 saturated heterocycles. The largest absolute Gasteiger partial charge is 0.390 e. The van der Waals surface area contributed by atoms with E-state index in [1.54, 1.807) is 59.5 Å². The molecule has 36 heavy (non-hydrogen) atoms. The number of pyridine rings is 1. The van der Waals surface area contributed by atoms with E-state index in [1.807, 2.05) is 0 Å². The molecule has 4 aromatic rings. The molecule has 0 radical (unpaired) electrons. The van der Waals surface area contributed by atoms with E-state index in [4.69, 9.17) is 11.6 Å². The Morgan fingerprint density at radius 1 is 0.944 bits per heavy atom. The van der Waals surface area contributed by atoms with Gasteiger partial charge in [0.15, 0.2) is 5.82 Å². The summed E-state index contributed by atoms with van der Waals surface area (Å²) in [5, 5.41) is 11.5. The number of aliphatic hydroxyl groups is 1. The molecule has 1 aliphatic heterocycles. The van der Waals surface area contributed by atoms with Gasteiger partial charge in [-0.1, -0.05) is 29.8 Å². The minimum absolute atomic E-state index is 0.184. The zero-order chi connectivity index (χ0) is 25.3. The number of aliphatic hydroxyl groups excluding tert-OH is 1. The van der Waals surface area contributed by atoms with Gasteiger partial charge in [-0.05, 0) is 47.2 Å². The fourth-order valence-corrected chi connectivity index (χ4v) is 5.72. The van der Waals surface area contributed by atoms with Crippen molar-refractivity contribution in [1.82, 2.24) is 24.2 Å². The molecule has 0 bridgehead atoms. The van der Waals surface area contributed by atoms with Crippen LogP contribution < -0.4 is 0 Å². The van der Waals surface area contributed by atoms with Crippen LogP contribution in [-0.4, -0.2) is 69.8 Å². The van der Waals surface area contributed by atoms with Crippen LogP contribution in [0.25, 0.3) is 22.3 Å². The Hall–Kier alpha value is -3.44. The molecule has 3 heterocycles. The molecule has 0 aliphatic carbocycles. The van der Waals surface area contributed by atoms with Gasteiger partial charge in [0.2, 0.25) is 10.0 Å². The standard InChI is InChI=1S/C25H22ClN5O4S/c26-20-6-4-18-13-22(7-5-17(18)12-20)36(34,35)31-10-8-30(9-11-31)25(33)19-14-27-24(28-15-19)23-3-1-2-21(16-32)29-23/h1-7,12-15,32H,8-11,16H2. The Morgan fingerprint density at radius 2 is 1.64 bits per heavy atom. The normalized spacial score (nSPS) is 14.8. The van der Waals surface area contributed by atoms with Crippen molar-refractivity contribution in [1.29, 1.82) is 0 Å². The number of piperazine rings is 1. The summed E-state index contributed by atoms with van der Waals surface area (Å²) in [6, 6.07) is 15.4. The monoisotopic (exact) mass is 523 g/mol. The number of amides is 1. The summed E-state index contributed by atoms with van der Waals surface area (Å²) in [7, 11) is -3.71. The van der Waals surface area contributed by atoms with E-state index in [1.165, 1.54) is 16.7 Å². The highest BCUT2D eigenvalue weighted by Crippen LogP contribution is 2.25. The zero-order valence-corrected chi connectivity index (χ0v) is 20.7. The molecule has 0 spiro atoms. The highest BCUT2D eigenvalue weighted by atomic mass is 35.5. The van der Waals surface area contributed by atoms with Crippen LogP contribution in [0.3, 0.4) is 0 Å². The molecule has 0 unspecified atom stereocenters. The quantitative estimate of drug-likeness (QED) is 0.427. The molecular formula is C25H22ClN5O4S. The van der Waals surface area contributed by atoms with Crippen LogP contribution in [0, 0.1) is 0 Å². The van der Waals surface area contributed by atoms with Gasteiger partial charge in [0.1, 0.15) is 5.69 Å². The van der Waals surface area contributed by atoms with Crippen molar-refractivity contribution in [3.8, 4) is 11.5 Å². The fourth-order valence-electron chi connectivity index (χ4n) is 4.08. The summed E-state index contributed by atoms with van der Waals surface area (Å²) < 4.78 is 27.8. The average Bonchev–Trinajstić information content (AvgIpc) is 2.92. The number of hydrogen-bond donors (Lipinski definition) is 1. The molecular weight excluding hydrogens is 502 g/mol. The second-order valence-corrected chi connectivity index (χ2v) is 10.7. The van der Waals surface area contributed by atoms with E-state index in [2.05, 4.69) is 15.0 Å². The summed E-state index contributed by atoms with van der Waals surface area (Å²) in [6.07, 6.45) is 2.87. The molecule has 5 rings (SSSR count). The second-order valence-electron chi connectivity index (χ2n) is 8.32. The van der Waals surface area contributed by atoms with Crippen LogP contribution in [0.15, 0.2) is 71.9 Å². The summed E-state index contributed by atoms with van der Waals surface area (Å²) in [5.41, 5.74) is 1.30. The van der Waals surface area contributed by atoms with Crippen molar-refractivity contribution in [3.63, 3.8) is 0 Å². The van der Waals surface area contributed by atoms with E-state index in [-0.39, 0.29) is 43.6 Å². The lowest BCUT2D eigenvalue weighted by Crippen LogP contribution is -2.50. The van der Waals surface area contributed by atoms with Gasteiger partial charge in [0.05, 0.1) is 22.8 Å². The van der Waals surface area contributed by atoms with Crippen molar-refractivity contribution < 1.29 is 18.3 Å². The van der Waals surface area contributed by atoms with E-state index in [0.29, 0.717) is 27.8 Å². The Kier molecular flexibility index (Phi) is 6.67. The lowest BCUT2D eigenvalue weighted by molar-refractivity contribution is 0.0697. The van der Waals surface area contributed by atoms with Crippen molar-refractivity contribution in [2.75, 3.05) is 26.2 Å². The van der Waals surface area contributed by atoms with Crippen LogP contribution >= 0.6 is 11.6 Å². The highest BCUT2D eigenvalue weighted by Gasteiger charge is 2.30. The van der Waals surface area contributed by atoms with E-state index in [9.17, 15) is 18.3 Å². The minimum Gasteiger partial charge on any atom is -0.390 e. The first-order chi connectivity index (χ1) is 17.3. The van der Waals surface area contributed by atoms with Crippen LogP contribution in [0.2, 0.25) is 5.02 Å². The molecule has 1 N–H and O–H groups in total. The highest BCUT2D eigenvalue weighted by molar-refractivity contribution is 7.89. The molecule has 2 aromatic carbocycles. The third-order valence-electron chi connectivity index (χ3n) is 6.03. The first kappa shape index (κ1) is 24.3. The van der Waals surface area contributed by atoms with Crippen molar-refractivity contribution in [3.05, 3.63) is 83.3 Å². The number of halogens is 1. The van der Waals surface area contributed by atoms with Crippen molar-refractivity contribution in [2.24, 2.45) is 0 Å². The van der Waals surface area contributed by atoms with Gasteiger partial charge in [0, 0.05) is 43.6 Å². The Balaban J connectivity index is 1.26. The van der Waals surface area contributed by atoms with E-state index in [0.717, 1.165) is 10.8 Å². The van der Waals surface area contributed by atoms with Gasteiger partial charge >= 0.3 is 0 Å². The summed E-state index contributed by atoms with van der Waals surface area (Å²) >= 11 is 6.02. The number of rotatable bonds is 5. The lowest BCUT2D eigenvalue weighted by Gasteiger charge is -2.34. The number of carbonyl (C=O) groups excluding carboxylic acids is 1. The smallest absolute Gasteiger partial charge is 0.257 e. The maximum atomic E-state index is 13.2. The number of hydrogen-bond acceptors (Lipinski definition) is 7. The lowest BCUT2D eigenvalue weighted by atomic mass is 10.1. The number of aromatic nitrogens is 3. The van der Waals surface area contributed by atoms with Crippen LogP contribution in [0.4, 0.5) is 0 Å². The molecule has 2 aromatic heterocycles. The molecule has 1 amide bonds. The predicted molar refractivity (Wildman–Crippen MR) is 135 cm³/mol. The number of carbonyl (C=O) groups is 1. The number of fused-ring (bicyclic) bond motifs is 1. The summed E-state index contributed by atoms with van der Waals surface area (Å²) in [5.74, 6) is 0.0775. The first-order valence-electron chi connectivity index (χ1n) is 11.2. The molecule has 184 valence electrons. The molecule has 11 heteroatoms. The number of sulfonamides is 1. The predicted octanol–water partition coefficient (Wildman–Crippen LogP) is 2.98. The van der Waals surface area contributed by atoms with Crippen LogP contribution in [0.1, 0.15) is 16.1 Å². The molecule has 0 atom stereocenters. The van der Waals surface area contributed by atoms with Gasteiger partial charge < -0.3 is 10.0 Å². The Morgan fingerprint density at radius 3 is 2.36 bits per heavy atom. The van der Waals surface area contributed by atoms with Gasteiger partial charge in [-0.2, -0.15) is 4.31 Å². The topological polar surface area (TPSA) is 117 Å². The number of benzene rings is 2. The molecule has 1 aliphatic rings. The van der Waals surface area contributed by atoms with Crippen LogP contribution in [-0.2, 0) is 16.6 Å².